The van der Waals surface area contributed by atoms with E-state index in [-0.39, 0.29) is 17.7 Å². The fourth-order valence-electron chi connectivity index (χ4n) is 2.49. The zero-order chi connectivity index (χ0) is 20.1. The highest BCUT2D eigenvalue weighted by molar-refractivity contribution is 14.1. The Labute approximate surface area is 186 Å². The maximum absolute atomic E-state index is 12.4. The molecule has 1 fully saturated rings. The minimum Gasteiger partial charge on any atom is -0.488 e. The number of nitrogens with zero attached hydrogens (tertiary/aromatic N) is 1. The lowest BCUT2D eigenvalue weighted by Gasteiger charge is -2.11. The molecule has 1 heterocycles. The Kier molecular flexibility index (Phi) is 7.39. The molecule has 0 saturated carbocycles. The Morgan fingerprint density at radius 1 is 1.18 bits per heavy atom. The molecular formula is C20H17ClINO4S. The molecule has 8 heteroatoms. The van der Waals surface area contributed by atoms with Gasteiger partial charge in [0.25, 0.3) is 11.1 Å². The van der Waals surface area contributed by atoms with Gasteiger partial charge in [-0.3, -0.25) is 14.5 Å². The first-order valence-electron chi connectivity index (χ1n) is 8.39. The van der Waals surface area contributed by atoms with Crippen LogP contribution in [0.2, 0.25) is 5.02 Å². The summed E-state index contributed by atoms with van der Waals surface area (Å²) in [6.07, 6.45) is 1.73. The third kappa shape index (κ3) is 5.28. The zero-order valence-electron chi connectivity index (χ0n) is 15.0. The summed E-state index contributed by atoms with van der Waals surface area (Å²) in [5.74, 6) is 0.464. The summed E-state index contributed by atoms with van der Waals surface area (Å²) in [5.41, 5.74) is 1.86. The fraction of sp³-hybridized carbons (Fsp3) is 0.200. The molecule has 28 heavy (non-hydrogen) atoms. The molecule has 5 nitrogen and oxygen atoms in total. The van der Waals surface area contributed by atoms with Gasteiger partial charge in [0.05, 0.1) is 21.6 Å². The van der Waals surface area contributed by atoms with E-state index in [0.717, 1.165) is 32.2 Å². The Morgan fingerprint density at radius 3 is 2.61 bits per heavy atom. The van der Waals surface area contributed by atoms with Crippen LogP contribution in [0.4, 0.5) is 4.79 Å². The van der Waals surface area contributed by atoms with Crippen molar-refractivity contribution in [3.8, 4) is 5.75 Å². The number of thioether (sulfide) groups is 1. The average molecular weight is 530 g/mol. The van der Waals surface area contributed by atoms with Crippen LogP contribution in [-0.2, 0) is 16.1 Å². The van der Waals surface area contributed by atoms with Crippen LogP contribution in [-0.4, -0.2) is 36.3 Å². The number of halogens is 2. The normalized spacial score (nSPS) is 15.5. The monoisotopic (exact) mass is 529 g/mol. The highest BCUT2D eigenvalue weighted by atomic mass is 127. The van der Waals surface area contributed by atoms with Crippen molar-refractivity contribution in [3.63, 3.8) is 0 Å². The number of hydrogen-bond donors (Lipinski definition) is 0. The number of rotatable bonds is 7. The van der Waals surface area contributed by atoms with Gasteiger partial charge in [0.15, 0.2) is 0 Å². The lowest BCUT2D eigenvalue weighted by atomic mass is 10.2. The van der Waals surface area contributed by atoms with E-state index < -0.39 is 0 Å². The molecule has 1 saturated heterocycles. The van der Waals surface area contributed by atoms with Crippen molar-refractivity contribution in [2.24, 2.45) is 0 Å². The molecule has 0 unspecified atom stereocenters. The standard InChI is InChI=1S/C20H17ClINO4S/c1-26-9-8-23-19(24)18(28-20(23)25)11-14-4-7-17(16(22)10-14)27-12-13-2-5-15(21)6-3-13/h2-7,10-11H,8-9,12H2,1H3/b18-11+. The minimum absolute atomic E-state index is 0.257. The molecule has 2 aromatic carbocycles. The summed E-state index contributed by atoms with van der Waals surface area (Å²) in [4.78, 5) is 26.0. The van der Waals surface area contributed by atoms with Crippen molar-refractivity contribution in [1.29, 1.82) is 0 Å². The van der Waals surface area contributed by atoms with Gasteiger partial charge in [-0.2, -0.15) is 0 Å². The quantitative estimate of drug-likeness (QED) is 0.364. The molecule has 3 rings (SSSR count). The number of imide groups is 1. The maximum Gasteiger partial charge on any atom is 0.293 e. The van der Waals surface area contributed by atoms with Crippen molar-refractivity contribution in [3.05, 3.63) is 67.1 Å². The number of benzene rings is 2. The summed E-state index contributed by atoms with van der Waals surface area (Å²) >= 11 is 9.03. The SMILES string of the molecule is COCCN1C(=O)S/C(=C/c2ccc(OCc3ccc(Cl)cc3)c(I)c2)C1=O. The van der Waals surface area contributed by atoms with Gasteiger partial charge in [-0.1, -0.05) is 29.8 Å². The molecule has 146 valence electrons. The number of ether oxygens (including phenoxy) is 2. The molecule has 0 bridgehead atoms. The van der Waals surface area contributed by atoms with E-state index in [1.54, 1.807) is 6.08 Å². The van der Waals surface area contributed by atoms with E-state index in [9.17, 15) is 9.59 Å². The van der Waals surface area contributed by atoms with Crippen LogP contribution in [0.5, 0.6) is 5.75 Å². The second-order valence-corrected chi connectivity index (χ2v) is 8.52. The van der Waals surface area contributed by atoms with Gasteiger partial charge in [0.2, 0.25) is 0 Å². The summed E-state index contributed by atoms with van der Waals surface area (Å²) < 4.78 is 11.7. The summed E-state index contributed by atoms with van der Waals surface area (Å²) in [6.45, 7) is 1.02. The predicted molar refractivity (Wildman–Crippen MR) is 119 cm³/mol. The average Bonchev–Trinajstić information content (AvgIpc) is 2.94. The Bertz CT molecular complexity index is 917. The Balaban J connectivity index is 1.68. The van der Waals surface area contributed by atoms with Gasteiger partial charge in [-0.05, 0) is 75.8 Å². The maximum atomic E-state index is 12.4. The largest absolute Gasteiger partial charge is 0.488 e. The van der Waals surface area contributed by atoms with Crippen molar-refractivity contribution >= 4 is 63.2 Å². The number of hydrogen-bond acceptors (Lipinski definition) is 5. The van der Waals surface area contributed by atoms with Gasteiger partial charge in [0, 0.05) is 12.1 Å². The molecule has 0 radical (unpaired) electrons. The van der Waals surface area contributed by atoms with Crippen LogP contribution in [0.15, 0.2) is 47.4 Å². The molecule has 0 spiro atoms. The van der Waals surface area contributed by atoms with E-state index in [1.807, 2.05) is 42.5 Å². The molecule has 1 aliphatic heterocycles. The highest BCUT2D eigenvalue weighted by Gasteiger charge is 2.34. The number of carbonyl (C=O) groups excluding carboxylic acids is 2. The molecule has 0 aliphatic carbocycles. The van der Waals surface area contributed by atoms with Gasteiger partial charge in [0.1, 0.15) is 12.4 Å². The van der Waals surface area contributed by atoms with Crippen molar-refractivity contribution < 1.29 is 19.1 Å². The molecule has 1 aliphatic rings. The van der Waals surface area contributed by atoms with Crippen LogP contribution in [0, 0.1) is 3.57 Å². The second-order valence-electron chi connectivity index (χ2n) is 5.93. The highest BCUT2D eigenvalue weighted by Crippen LogP contribution is 2.33. The summed E-state index contributed by atoms with van der Waals surface area (Å²) in [5, 5.41) is 0.417. The smallest absolute Gasteiger partial charge is 0.293 e. The topological polar surface area (TPSA) is 55.8 Å². The number of amides is 2. The minimum atomic E-state index is -0.287. The van der Waals surface area contributed by atoms with Crippen LogP contribution in [0.25, 0.3) is 6.08 Å². The predicted octanol–water partition coefficient (Wildman–Crippen LogP) is 5.21. The van der Waals surface area contributed by atoms with Crippen molar-refractivity contribution in [2.75, 3.05) is 20.3 Å². The molecule has 0 N–H and O–H groups in total. The van der Waals surface area contributed by atoms with Gasteiger partial charge in [-0.25, -0.2) is 0 Å². The van der Waals surface area contributed by atoms with E-state index in [1.165, 1.54) is 12.0 Å². The molecule has 2 aromatic rings. The lowest BCUT2D eigenvalue weighted by molar-refractivity contribution is -0.123. The van der Waals surface area contributed by atoms with Crippen LogP contribution in [0.1, 0.15) is 11.1 Å². The van der Waals surface area contributed by atoms with E-state index in [0.29, 0.717) is 23.1 Å². The zero-order valence-corrected chi connectivity index (χ0v) is 18.7. The van der Waals surface area contributed by atoms with E-state index in [2.05, 4.69) is 22.6 Å². The first-order chi connectivity index (χ1) is 13.5. The van der Waals surface area contributed by atoms with Gasteiger partial charge in [-0.15, -0.1) is 0 Å². The van der Waals surface area contributed by atoms with Crippen molar-refractivity contribution in [2.45, 2.75) is 6.61 Å². The Morgan fingerprint density at radius 2 is 1.93 bits per heavy atom. The molecular weight excluding hydrogens is 513 g/mol. The lowest BCUT2D eigenvalue weighted by Crippen LogP contribution is -2.31. The summed E-state index contributed by atoms with van der Waals surface area (Å²) in [6, 6.07) is 13.1. The molecule has 0 atom stereocenters. The number of methoxy groups -OCH3 is 1. The molecule has 2 amide bonds. The fourth-order valence-corrected chi connectivity index (χ4v) is 4.18. The molecule has 0 aromatic heterocycles. The second kappa shape index (κ2) is 9.78. The van der Waals surface area contributed by atoms with Crippen molar-refractivity contribution in [1.82, 2.24) is 4.90 Å². The van der Waals surface area contributed by atoms with E-state index >= 15 is 0 Å². The first-order valence-corrected chi connectivity index (χ1v) is 10.7. The number of carbonyl (C=O) groups is 2. The van der Waals surface area contributed by atoms with Crippen LogP contribution < -0.4 is 4.74 Å². The van der Waals surface area contributed by atoms with E-state index in [4.69, 9.17) is 21.1 Å². The Hall–Kier alpha value is -1.55. The summed E-state index contributed by atoms with van der Waals surface area (Å²) in [7, 11) is 1.54. The van der Waals surface area contributed by atoms with Gasteiger partial charge < -0.3 is 9.47 Å². The van der Waals surface area contributed by atoms with Crippen LogP contribution in [0.3, 0.4) is 0 Å². The first kappa shape index (κ1) is 21.2. The van der Waals surface area contributed by atoms with Gasteiger partial charge >= 0.3 is 0 Å². The third-order valence-corrected chi connectivity index (χ3v) is 5.96. The third-order valence-electron chi connectivity index (χ3n) is 3.95. The van der Waals surface area contributed by atoms with Crippen LogP contribution >= 0.6 is 46.0 Å².